The van der Waals surface area contributed by atoms with Gasteiger partial charge < -0.3 is 9.53 Å². The van der Waals surface area contributed by atoms with E-state index in [1.165, 1.54) is 4.90 Å². The van der Waals surface area contributed by atoms with E-state index in [9.17, 15) is 9.59 Å². The number of nitrogens with zero attached hydrogens (tertiary/aromatic N) is 3. The molecule has 0 radical (unpaired) electrons. The van der Waals surface area contributed by atoms with Crippen LogP contribution < -0.4 is 0 Å². The highest BCUT2D eigenvalue weighted by molar-refractivity contribution is 5.74. The molecule has 1 atom stereocenters. The van der Waals surface area contributed by atoms with E-state index in [0.29, 0.717) is 5.69 Å². The van der Waals surface area contributed by atoms with Gasteiger partial charge in [-0.2, -0.15) is 5.10 Å². The van der Waals surface area contributed by atoms with E-state index < -0.39 is 17.7 Å². The molecule has 6 nitrogen and oxygen atoms in total. The van der Waals surface area contributed by atoms with Gasteiger partial charge in [0, 0.05) is 19.5 Å². The monoisotopic (exact) mass is 309 g/mol. The number of rotatable bonds is 3. The zero-order valence-corrected chi connectivity index (χ0v) is 14.8. The maximum absolute atomic E-state index is 12.2. The molecule has 1 aromatic rings. The van der Waals surface area contributed by atoms with Gasteiger partial charge in [0.25, 0.3) is 0 Å². The molecule has 0 N–H and O–H groups in total. The van der Waals surface area contributed by atoms with E-state index in [-0.39, 0.29) is 5.41 Å². The molecular formula is C16H27N3O3. The first-order valence-electron chi connectivity index (χ1n) is 7.32. The van der Waals surface area contributed by atoms with Crippen LogP contribution in [0.25, 0.3) is 0 Å². The van der Waals surface area contributed by atoms with E-state index in [1.807, 2.05) is 26.8 Å². The van der Waals surface area contributed by atoms with Crippen molar-refractivity contribution in [2.24, 2.45) is 7.05 Å². The Morgan fingerprint density at radius 3 is 2.23 bits per heavy atom. The maximum atomic E-state index is 12.2. The summed E-state index contributed by atoms with van der Waals surface area (Å²) >= 11 is 0. The van der Waals surface area contributed by atoms with Crippen molar-refractivity contribution >= 4 is 12.4 Å². The summed E-state index contributed by atoms with van der Waals surface area (Å²) in [5, 5.41) is 4.45. The van der Waals surface area contributed by atoms with Gasteiger partial charge in [0.05, 0.1) is 11.4 Å². The Morgan fingerprint density at radius 1 is 1.32 bits per heavy atom. The standard InChI is InChI=1S/C16H27N3O3/c1-15(2,3)13-9-11(19(8)17-13)12(10-20)18(7)14(21)22-16(4,5)6/h9-10,12H,1-8H3. The summed E-state index contributed by atoms with van der Waals surface area (Å²) in [6.45, 7) is 11.5. The molecular weight excluding hydrogens is 282 g/mol. The fraction of sp³-hybridized carbons (Fsp3) is 0.688. The predicted octanol–water partition coefficient (Wildman–Crippen LogP) is 2.82. The normalized spacial score (nSPS) is 13.6. The Morgan fingerprint density at radius 2 is 1.86 bits per heavy atom. The third-order valence-corrected chi connectivity index (χ3v) is 3.22. The van der Waals surface area contributed by atoms with E-state index in [1.54, 1.807) is 39.5 Å². The van der Waals surface area contributed by atoms with E-state index in [2.05, 4.69) is 5.10 Å². The molecule has 1 amide bonds. The molecule has 0 aromatic carbocycles. The van der Waals surface area contributed by atoms with Crippen LogP contribution in [-0.4, -0.2) is 39.7 Å². The summed E-state index contributed by atoms with van der Waals surface area (Å²) < 4.78 is 6.96. The van der Waals surface area contributed by atoms with Crippen molar-refractivity contribution in [1.82, 2.24) is 14.7 Å². The second-order valence-electron chi connectivity index (χ2n) is 7.50. The number of hydrogen-bond donors (Lipinski definition) is 0. The molecule has 22 heavy (non-hydrogen) atoms. The average molecular weight is 309 g/mol. The van der Waals surface area contributed by atoms with Crippen LogP contribution in [0.4, 0.5) is 4.79 Å². The lowest BCUT2D eigenvalue weighted by Gasteiger charge is -2.27. The van der Waals surface area contributed by atoms with E-state index >= 15 is 0 Å². The van der Waals surface area contributed by atoms with Crippen molar-refractivity contribution in [1.29, 1.82) is 0 Å². The van der Waals surface area contributed by atoms with Gasteiger partial charge in [0.15, 0.2) is 0 Å². The summed E-state index contributed by atoms with van der Waals surface area (Å²) in [5.41, 5.74) is 0.790. The number of hydrogen-bond acceptors (Lipinski definition) is 4. The largest absolute Gasteiger partial charge is 0.444 e. The predicted molar refractivity (Wildman–Crippen MR) is 84.7 cm³/mol. The van der Waals surface area contributed by atoms with Crippen LogP contribution in [0.15, 0.2) is 6.07 Å². The molecule has 1 heterocycles. The summed E-state index contributed by atoms with van der Waals surface area (Å²) in [6, 6.07) is 1.13. The Kier molecular flexibility index (Phi) is 5.05. The van der Waals surface area contributed by atoms with Gasteiger partial charge in [-0.15, -0.1) is 0 Å². The van der Waals surface area contributed by atoms with Crippen LogP contribution in [0.5, 0.6) is 0 Å². The van der Waals surface area contributed by atoms with Gasteiger partial charge in [-0.1, -0.05) is 20.8 Å². The van der Waals surface area contributed by atoms with Crippen molar-refractivity contribution < 1.29 is 14.3 Å². The fourth-order valence-corrected chi connectivity index (χ4v) is 1.93. The molecule has 0 bridgehead atoms. The minimum Gasteiger partial charge on any atom is -0.444 e. The molecule has 0 spiro atoms. The van der Waals surface area contributed by atoms with E-state index in [0.717, 1.165) is 12.0 Å². The smallest absolute Gasteiger partial charge is 0.410 e. The van der Waals surface area contributed by atoms with Crippen molar-refractivity contribution in [3.63, 3.8) is 0 Å². The first kappa shape index (κ1) is 18.2. The van der Waals surface area contributed by atoms with Gasteiger partial charge >= 0.3 is 6.09 Å². The number of aromatic nitrogens is 2. The SMILES string of the molecule is CN(C(=O)OC(C)(C)C)C(C=O)c1cc(C(C)(C)C)nn1C. The van der Waals surface area contributed by atoms with Crippen LogP contribution in [0.1, 0.15) is 59.0 Å². The molecule has 0 aliphatic rings. The molecule has 1 unspecified atom stereocenters. The molecule has 0 aliphatic carbocycles. The number of carbonyl (C=O) groups is 2. The molecule has 0 saturated heterocycles. The second kappa shape index (κ2) is 6.10. The molecule has 124 valence electrons. The van der Waals surface area contributed by atoms with Crippen LogP contribution in [0, 0.1) is 0 Å². The zero-order valence-electron chi connectivity index (χ0n) is 14.8. The Hall–Kier alpha value is -1.85. The maximum Gasteiger partial charge on any atom is 0.410 e. The first-order valence-corrected chi connectivity index (χ1v) is 7.32. The van der Waals surface area contributed by atoms with Crippen molar-refractivity contribution in [2.75, 3.05) is 7.05 Å². The fourth-order valence-electron chi connectivity index (χ4n) is 1.93. The number of aldehydes is 1. The van der Waals surface area contributed by atoms with Gasteiger partial charge in [-0.3, -0.25) is 9.58 Å². The highest BCUT2D eigenvalue weighted by Crippen LogP contribution is 2.26. The Labute approximate surface area is 132 Å². The molecule has 1 aromatic heterocycles. The summed E-state index contributed by atoms with van der Waals surface area (Å²) in [4.78, 5) is 25.0. The van der Waals surface area contributed by atoms with Gasteiger partial charge in [0.1, 0.15) is 17.9 Å². The number of likely N-dealkylation sites (N-methyl/N-ethyl adjacent to an activating group) is 1. The second-order valence-corrected chi connectivity index (χ2v) is 7.50. The molecule has 0 aliphatic heterocycles. The number of carbonyl (C=O) groups excluding carboxylic acids is 2. The third kappa shape index (κ3) is 4.32. The summed E-state index contributed by atoms with van der Waals surface area (Å²) in [7, 11) is 3.32. The van der Waals surface area contributed by atoms with Crippen LogP contribution in [0.2, 0.25) is 0 Å². The minimum atomic E-state index is -0.733. The van der Waals surface area contributed by atoms with Crippen molar-refractivity contribution in [2.45, 2.75) is 58.6 Å². The van der Waals surface area contributed by atoms with Crippen molar-refractivity contribution in [3.05, 3.63) is 17.5 Å². The van der Waals surface area contributed by atoms with E-state index in [4.69, 9.17) is 4.74 Å². The summed E-state index contributed by atoms with van der Waals surface area (Å²) in [5.74, 6) is 0. The average Bonchev–Trinajstić information content (AvgIpc) is 2.70. The molecule has 6 heteroatoms. The lowest BCUT2D eigenvalue weighted by atomic mass is 9.92. The quantitative estimate of drug-likeness (QED) is 0.805. The molecule has 1 rings (SSSR count). The minimum absolute atomic E-state index is 0.131. The van der Waals surface area contributed by atoms with Crippen LogP contribution >= 0.6 is 0 Å². The zero-order chi connectivity index (χ0) is 17.3. The Bertz CT molecular complexity index is 550. The number of aryl methyl sites for hydroxylation is 1. The van der Waals surface area contributed by atoms with Gasteiger partial charge in [0.2, 0.25) is 0 Å². The molecule has 0 saturated carbocycles. The third-order valence-electron chi connectivity index (χ3n) is 3.22. The number of ether oxygens (including phenoxy) is 1. The topological polar surface area (TPSA) is 64.4 Å². The summed E-state index contributed by atoms with van der Waals surface area (Å²) in [6.07, 6.45) is 0.191. The molecule has 0 fully saturated rings. The van der Waals surface area contributed by atoms with Gasteiger partial charge in [-0.25, -0.2) is 4.79 Å². The van der Waals surface area contributed by atoms with Crippen LogP contribution in [0.3, 0.4) is 0 Å². The van der Waals surface area contributed by atoms with Gasteiger partial charge in [-0.05, 0) is 26.8 Å². The highest BCUT2D eigenvalue weighted by atomic mass is 16.6. The number of amides is 1. The van der Waals surface area contributed by atoms with Crippen LogP contribution in [-0.2, 0) is 22.0 Å². The Balaban J connectivity index is 3.09. The van der Waals surface area contributed by atoms with Crippen molar-refractivity contribution in [3.8, 4) is 0 Å². The lowest BCUT2D eigenvalue weighted by molar-refractivity contribution is -0.112. The lowest BCUT2D eigenvalue weighted by Crippen LogP contribution is -2.37. The first-order chi connectivity index (χ1) is 9.86. The highest BCUT2D eigenvalue weighted by Gasteiger charge is 2.30.